The summed E-state index contributed by atoms with van der Waals surface area (Å²) in [6, 6.07) is 16.8. The first-order valence-electron chi connectivity index (χ1n) is 7.60. The van der Waals surface area contributed by atoms with E-state index in [0.29, 0.717) is 17.1 Å². The summed E-state index contributed by atoms with van der Waals surface area (Å²) in [7, 11) is 0. The summed E-state index contributed by atoms with van der Waals surface area (Å²) < 4.78 is 25.1. The third kappa shape index (κ3) is 4.93. The van der Waals surface area contributed by atoms with Crippen molar-refractivity contribution >= 4 is 21.8 Å². The summed E-state index contributed by atoms with van der Waals surface area (Å²) in [6.07, 6.45) is 0. The Kier molecular flexibility index (Phi) is 5.50. The van der Waals surface area contributed by atoms with Crippen molar-refractivity contribution in [1.82, 2.24) is 5.32 Å². The van der Waals surface area contributed by atoms with E-state index < -0.39 is 0 Å². The van der Waals surface area contributed by atoms with Gasteiger partial charge in [-0.3, -0.25) is 4.79 Å². The van der Waals surface area contributed by atoms with E-state index in [1.165, 1.54) is 12.1 Å². The Morgan fingerprint density at radius 2 is 1.96 bits per heavy atom. The SMILES string of the molecule is O=C(NCc1cccc(F)c1)c1ccc(COc2cccc(Br)c2)o1. The van der Waals surface area contributed by atoms with E-state index in [1.54, 1.807) is 24.3 Å². The van der Waals surface area contributed by atoms with Gasteiger partial charge >= 0.3 is 0 Å². The van der Waals surface area contributed by atoms with Crippen LogP contribution in [0, 0.1) is 5.82 Å². The third-order valence-corrected chi connectivity index (χ3v) is 3.90. The van der Waals surface area contributed by atoms with Gasteiger partial charge in [0.05, 0.1) is 0 Å². The number of halogens is 2. The number of rotatable bonds is 6. The van der Waals surface area contributed by atoms with E-state index in [1.807, 2.05) is 24.3 Å². The standard InChI is InChI=1S/C19H15BrFNO3/c20-14-4-2-6-16(10-14)24-12-17-7-8-18(25-17)19(23)22-11-13-3-1-5-15(21)9-13/h1-10H,11-12H2,(H,22,23). The number of nitrogens with one attached hydrogen (secondary N) is 1. The minimum atomic E-state index is -0.363. The summed E-state index contributed by atoms with van der Waals surface area (Å²) in [5.41, 5.74) is 0.679. The number of furan rings is 1. The number of hydrogen-bond donors (Lipinski definition) is 1. The number of amides is 1. The Morgan fingerprint density at radius 1 is 1.12 bits per heavy atom. The topological polar surface area (TPSA) is 51.5 Å². The van der Waals surface area contributed by atoms with Crippen molar-refractivity contribution in [2.24, 2.45) is 0 Å². The highest BCUT2D eigenvalue weighted by molar-refractivity contribution is 9.10. The number of hydrogen-bond acceptors (Lipinski definition) is 3. The summed E-state index contributed by atoms with van der Waals surface area (Å²) in [5.74, 6) is 0.720. The van der Waals surface area contributed by atoms with Crippen molar-refractivity contribution in [3.05, 3.63) is 88.0 Å². The van der Waals surface area contributed by atoms with Crippen LogP contribution in [0.25, 0.3) is 0 Å². The summed E-state index contributed by atoms with van der Waals surface area (Å²) >= 11 is 3.37. The highest BCUT2D eigenvalue weighted by Crippen LogP contribution is 2.19. The quantitative estimate of drug-likeness (QED) is 0.649. The summed E-state index contributed by atoms with van der Waals surface area (Å²) in [6.45, 7) is 0.439. The van der Waals surface area contributed by atoms with Gasteiger partial charge in [-0.05, 0) is 48.0 Å². The molecule has 0 aliphatic carbocycles. The zero-order valence-corrected chi connectivity index (χ0v) is 14.8. The van der Waals surface area contributed by atoms with Gasteiger partial charge in [0.2, 0.25) is 0 Å². The fraction of sp³-hybridized carbons (Fsp3) is 0.105. The Labute approximate surface area is 152 Å². The molecular formula is C19H15BrFNO3. The van der Waals surface area contributed by atoms with Crippen molar-refractivity contribution in [2.75, 3.05) is 0 Å². The van der Waals surface area contributed by atoms with Crippen LogP contribution in [0.2, 0.25) is 0 Å². The minimum Gasteiger partial charge on any atom is -0.486 e. The number of benzene rings is 2. The van der Waals surface area contributed by atoms with E-state index in [9.17, 15) is 9.18 Å². The van der Waals surface area contributed by atoms with E-state index in [0.717, 1.165) is 4.47 Å². The van der Waals surface area contributed by atoms with Gasteiger partial charge in [0.25, 0.3) is 5.91 Å². The molecule has 1 amide bonds. The number of carbonyl (C=O) groups excluding carboxylic acids is 1. The Morgan fingerprint density at radius 3 is 2.76 bits per heavy atom. The second-order valence-electron chi connectivity index (χ2n) is 5.32. The molecule has 25 heavy (non-hydrogen) atoms. The lowest BCUT2D eigenvalue weighted by atomic mass is 10.2. The monoisotopic (exact) mass is 403 g/mol. The molecule has 0 radical (unpaired) electrons. The van der Waals surface area contributed by atoms with Crippen LogP contribution in [0.15, 0.2) is 69.6 Å². The Balaban J connectivity index is 1.54. The van der Waals surface area contributed by atoms with Crippen LogP contribution < -0.4 is 10.1 Å². The van der Waals surface area contributed by atoms with Gasteiger partial charge in [-0.15, -0.1) is 0 Å². The summed E-state index contributed by atoms with van der Waals surface area (Å²) in [5, 5.41) is 2.69. The maximum Gasteiger partial charge on any atom is 0.287 e. The molecule has 0 atom stereocenters. The average Bonchev–Trinajstić information content (AvgIpc) is 3.07. The first-order valence-corrected chi connectivity index (χ1v) is 8.39. The van der Waals surface area contributed by atoms with Crippen molar-refractivity contribution in [3.63, 3.8) is 0 Å². The lowest BCUT2D eigenvalue weighted by Gasteiger charge is -2.05. The predicted octanol–water partition coefficient (Wildman–Crippen LogP) is 4.69. The first kappa shape index (κ1) is 17.2. The van der Waals surface area contributed by atoms with Crippen LogP contribution in [0.3, 0.4) is 0 Å². The highest BCUT2D eigenvalue weighted by Gasteiger charge is 2.11. The van der Waals surface area contributed by atoms with Gasteiger partial charge in [0, 0.05) is 11.0 Å². The molecule has 3 rings (SSSR count). The van der Waals surface area contributed by atoms with Crippen LogP contribution in [-0.2, 0) is 13.2 Å². The predicted molar refractivity (Wildman–Crippen MR) is 94.8 cm³/mol. The van der Waals surface area contributed by atoms with Gasteiger partial charge in [0.15, 0.2) is 5.76 Å². The molecule has 0 saturated carbocycles. The van der Waals surface area contributed by atoms with Crippen molar-refractivity contribution in [3.8, 4) is 5.75 Å². The zero-order chi connectivity index (χ0) is 17.6. The van der Waals surface area contributed by atoms with Gasteiger partial charge in [-0.25, -0.2) is 4.39 Å². The maximum absolute atomic E-state index is 13.1. The molecule has 128 valence electrons. The van der Waals surface area contributed by atoms with Crippen molar-refractivity contribution in [1.29, 1.82) is 0 Å². The van der Waals surface area contributed by atoms with Crippen molar-refractivity contribution in [2.45, 2.75) is 13.2 Å². The Hall–Kier alpha value is -2.60. The Bertz CT molecular complexity index is 878. The van der Waals surface area contributed by atoms with Crippen LogP contribution in [-0.4, -0.2) is 5.91 Å². The fourth-order valence-electron chi connectivity index (χ4n) is 2.21. The molecule has 1 aromatic heterocycles. The average molecular weight is 404 g/mol. The molecule has 0 unspecified atom stereocenters. The zero-order valence-electron chi connectivity index (χ0n) is 13.2. The maximum atomic E-state index is 13.1. The molecule has 4 nitrogen and oxygen atoms in total. The second kappa shape index (κ2) is 7.98. The minimum absolute atomic E-state index is 0.184. The normalized spacial score (nSPS) is 10.5. The molecule has 6 heteroatoms. The van der Waals surface area contributed by atoms with Crippen LogP contribution in [0.5, 0.6) is 5.75 Å². The molecule has 0 fully saturated rings. The van der Waals surface area contributed by atoms with Crippen molar-refractivity contribution < 1.29 is 18.3 Å². The molecule has 2 aromatic carbocycles. The molecule has 0 aliphatic rings. The lowest BCUT2D eigenvalue weighted by Crippen LogP contribution is -2.22. The van der Waals surface area contributed by atoms with Crippen LogP contribution in [0.1, 0.15) is 21.9 Å². The van der Waals surface area contributed by atoms with E-state index in [-0.39, 0.29) is 30.6 Å². The molecule has 0 saturated heterocycles. The smallest absolute Gasteiger partial charge is 0.287 e. The van der Waals surface area contributed by atoms with E-state index in [4.69, 9.17) is 9.15 Å². The first-order chi connectivity index (χ1) is 12.1. The van der Waals surface area contributed by atoms with Crippen LogP contribution >= 0.6 is 15.9 Å². The molecule has 1 heterocycles. The fourth-order valence-corrected chi connectivity index (χ4v) is 2.58. The van der Waals surface area contributed by atoms with Crippen LogP contribution in [0.4, 0.5) is 4.39 Å². The molecule has 0 aliphatic heterocycles. The van der Waals surface area contributed by atoms with E-state index >= 15 is 0 Å². The highest BCUT2D eigenvalue weighted by atomic mass is 79.9. The molecule has 0 spiro atoms. The van der Waals surface area contributed by atoms with Gasteiger partial charge in [-0.1, -0.05) is 34.1 Å². The lowest BCUT2D eigenvalue weighted by molar-refractivity contribution is 0.0919. The van der Waals surface area contributed by atoms with Gasteiger partial charge < -0.3 is 14.5 Å². The van der Waals surface area contributed by atoms with Gasteiger partial charge in [0.1, 0.15) is 23.9 Å². The van der Waals surface area contributed by atoms with Gasteiger partial charge in [-0.2, -0.15) is 0 Å². The molecular weight excluding hydrogens is 389 g/mol. The second-order valence-corrected chi connectivity index (χ2v) is 6.24. The number of carbonyl (C=O) groups is 1. The summed E-state index contributed by atoms with van der Waals surface area (Å²) in [4.78, 5) is 12.1. The molecule has 0 bridgehead atoms. The third-order valence-electron chi connectivity index (χ3n) is 3.40. The van der Waals surface area contributed by atoms with E-state index in [2.05, 4.69) is 21.2 Å². The number of ether oxygens (including phenoxy) is 1. The largest absolute Gasteiger partial charge is 0.486 e. The molecule has 1 N–H and O–H groups in total. The molecule has 3 aromatic rings.